The van der Waals surface area contributed by atoms with E-state index in [-0.39, 0.29) is 5.41 Å². The molecule has 19 heavy (non-hydrogen) atoms. The van der Waals surface area contributed by atoms with Gasteiger partial charge in [0.2, 0.25) is 0 Å². The monoisotopic (exact) mass is 265 g/mol. The molecule has 1 heterocycles. The highest BCUT2D eigenvalue weighted by Crippen LogP contribution is 2.35. The summed E-state index contributed by atoms with van der Waals surface area (Å²) in [6, 6.07) is 0. The van der Waals surface area contributed by atoms with Crippen molar-refractivity contribution in [3.8, 4) is 0 Å². The second kappa shape index (κ2) is 7.06. The van der Waals surface area contributed by atoms with E-state index in [0.717, 1.165) is 25.9 Å². The lowest BCUT2D eigenvalue weighted by Crippen LogP contribution is -2.39. The summed E-state index contributed by atoms with van der Waals surface area (Å²) in [6.45, 7) is 4.39. The first-order chi connectivity index (χ1) is 9.26. The van der Waals surface area contributed by atoms with E-state index in [9.17, 15) is 5.11 Å². The van der Waals surface area contributed by atoms with Gasteiger partial charge in [-0.25, -0.2) is 0 Å². The molecule has 0 radical (unpaired) electrons. The number of aliphatic hydroxyl groups excluding tert-OH is 1. The molecular formula is C15H27N3O. The maximum absolute atomic E-state index is 9.63. The molecule has 1 aliphatic carbocycles. The van der Waals surface area contributed by atoms with Crippen LogP contribution in [0.25, 0.3) is 0 Å². The molecule has 0 atom stereocenters. The van der Waals surface area contributed by atoms with Crippen molar-refractivity contribution in [1.82, 2.24) is 15.5 Å². The molecule has 1 saturated carbocycles. The molecule has 0 aromatic carbocycles. The molecule has 0 saturated heterocycles. The van der Waals surface area contributed by atoms with Gasteiger partial charge >= 0.3 is 0 Å². The molecule has 1 aromatic rings. The summed E-state index contributed by atoms with van der Waals surface area (Å²) < 4.78 is 0. The lowest BCUT2D eigenvalue weighted by Gasteiger charge is -2.35. The van der Waals surface area contributed by atoms with Crippen molar-refractivity contribution in [2.75, 3.05) is 19.7 Å². The zero-order valence-corrected chi connectivity index (χ0v) is 12.0. The average Bonchev–Trinajstić information content (AvgIpc) is 2.85. The molecule has 108 valence electrons. The first-order valence-electron chi connectivity index (χ1n) is 7.56. The lowest BCUT2D eigenvalue weighted by atomic mass is 9.74. The van der Waals surface area contributed by atoms with E-state index in [0.29, 0.717) is 6.61 Å². The third-order valence-electron chi connectivity index (χ3n) is 4.48. The van der Waals surface area contributed by atoms with E-state index < -0.39 is 0 Å². The Kier molecular flexibility index (Phi) is 5.40. The Balaban J connectivity index is 1.64. The van der Waals surface area contributed by atoms with Crippen LogP contribution in [-0.2, 0) is 6.42 Å². The van der Waals surface area contributed by atoms with Crippen LogP contribution in [0.2, 0.25) is 0 Å². The number of hydrogen-bond donors (Lipinski definition) is 3. The van der Waals surface area contributed by atoms with Gasteiger partial charge in [-0.05, 0) is 44.7 Å². The quantitative estimate of drug-likeness (QED) is 0.662. The molecule has 3 N–H and O–H groups in total. The number of nitrogens with one attached hydrogen (secondary N) is 2. The predicted molar refractivity (Wildman–Crippen MR) is 77.1 cm³/mol. The van der Waals surface area contributed by atoms with Crippen LogP contribution in [0.3, 0.4) is 0 Å². The van der Waals surface area contributed by atoms with E-state index in [1.165, 1.54) is 43.4 Å². The van der Waals surface area contributed by atoms with Gasteiger partial charge < -0.3 is 10.4 Å². The van der Waals surface area contributed by atoms with E-state index in [4.69, 9.17) is 0 Å². The second-order valence-electron chi connectivity index (χ2n) is 6.02. The molecule has 0 aliphatic heterocycles. The van der Waals surface area contributed by atoms with Gasteiger partial charge in [0.05, 0.1) is 6.20 Å². The van der Waals surface area contributed by atoms with Crippen molar-refractivity contribution in [2.24, 2.45) is 5.41 Å². The Hall–Kier alpha value is -0.870. The summed E-state index contributed by atoms with van der Waals surface area (Å²) in [5, 5.41) is 20.2. The number of aromatic nitrogens is 2. The zero-order chi connectivity index (χ0) is 13.6. The van der Waals surface area contributed by atoms with Crippen LogP contribution in [0.5, 0.6) is 0 Å². The third kappa shape index (κ3) is 4.05. The van der Waals surface area contributed by atoms with Crippen LogP contribution >= 0.6 is 0 Å². The van der Waals surface area contributed by atoms with Gasteiger partial charge in [-0.2, -0.15) is 5.10 Å². The van der Waals surface area contributed by atoms with Crippen molar-refractivity contribution in [1.29, 1.82) is 0 Å². The highest BCUT2D eigenvalue weighted by molar-refractivity contribution is 5.14. The fraction of sp³-hybridized carbons (Fsp3) is 0.800. The minimum atomic E-state index is 0.157. The summed E-state index contributed by atoms with van der Waals surface area (Å²) in [5.41, 5.74) is 2.65. The Morgan fingerprint density at radius 1 is 1.37 bits per heavy atom. The Morgan fingerprint density at radius 3 is 2.79 bits per heavy atom. The van der Waals surface area contributed by atoms with Crippen molar-refractivity contribution in [3.05, 3.63) is 17.5 Å². The van der Waals surface area contributed by atoms with Gasteiger partial charge in [0, 0.05) is 24.3 Å². The second-order valence-corrected chi connectivity index (χ2v) is 6.02. The largest absolute Gasteiger partial charge is 0.396 e. The SMILES string of the molecule is Cc1[nH]ncc1CCCNCC1(CO)CCCCC1. The third-order valence-corrected chi connectivity index (χ3v) is 4.48. The van der Waals surface area contributed by atoms with Crippen LogP contribution in [0, 0.1) is 12.3 Å². The van der Waals surface area contributed by atoms with Crippen LogP contribution in [-0.4, -0.2) is 35.0 Å². The van der Waals surface area contributed by atoms with Crippen molar-refractivity contribution >= 4 is 0 Å². The van der Waals surface area contributed by atoms with Gasteiger partial charge in [0.15, 0.2) is 0 Å². The topological polar surface area (TPSA) is 60.9 Å². The first-order valence-corrected chi connectivity index (χ1v) is 7.56. The fourth-order valence-corrected chi connectivity index (χ4v) is 3.08. The molecule has 4 nitrogen and oxygen atoms in total. The van der Waals surface area contributed by atoms with Gasteiger partial charge in [0.1, 0.15) is 0 Å². The van der Waals surface area contributed by atoms with Crippen LogP contribution in [0.4, 0.5) is 0 Å². The highest BCUT2D eigenvalue weighted by atomic mass is 16.3. The first kappa shape index (κ1) is 14.5. The Bertz CT molecular complexity index is 369. The van der Waals surface area contributed by atoms with E-state index in [1.54, 1.807) is 0 Å². The molecule has 0 amide bonds. The van der Waals surface area contributed by atoms with Crippen molar-refractivity contribution in [3.63, 3.8) is 0 Å². The number of hydrogen-bond acceptors (Lipinski definition) is 3. The van der Waals surface area contributed by atoms with Crippen molar-refractivity contribution < 1.29 is 5.11 Å². The maximum Gasteiger partial charge on any atom is 0.0522 e. The standard InChI is InChI=1S/C15H27N3O/c1-13-14(10-17-18-13)6-5-9-16-11-15(12-19)7-3-2-4-8-15/h10,16,19H,2-9,11-12H2,1H3,(H,17,18). The molecular weight excluding hydrogens is 238 g/mol. The van der Waals surface area contributed by atoms with E-state index >= 15 is 0 Å². The lowest BCUT2D eigenvalue weighted by molar-refractivity contribution is 0.0815. The molecule has 0 spiro atoms. The van der Waals surface area contributed by atoms with Crippen LogP contribution in [0.1, 0.15) is 49.8 Å². The minimum absolute atomic E-state index is 0.157. The molecule has 2 rings (SSSR count). The highest BCUT2D eigenvalue weighted by Gasteiger charge is 2.30. The maximum atomic E-state index is 9.63. The van der Waals surface area contributed by atoms with Crippen LogP contribution < -0.4 is 5.32 Å². The zero-order valence-electron chi connectivity index (χ0n) is 12.0. The molecule has 4 heteroatoms. The molecule has 1 fully saturated rings. The number of aromatic amines is 1. The normalized spacial score (nSPS) is 18.6. The number of H-pyrrole nitrogens is 1. The predicted octanol–water partition coefficient (Wildman–Crippen LogP) is 2.18. The summed E-state index contributed by atoms with van der Waals surface area (Å²) in [4.78, 5) is 0. The Morgan fingerprint density at radius 2 is 2.16 bits per heavy atom. The van der Waals surface area contributed by atoms with Gasteiger partial charge in [-0.3, -0.25) is 5.10 Å². The Labute approximate surface area is 116 Å². The number of aliphatic hydroxyl groups is 1. The van der Waals surface area contributed by atoms with Crippen molar-refractivity contribution in [2.45, 2.75) is 51.9 Å². The van der Waals surface area contributed by atoms with E-state index in [2.05, 4.69) is 22.4 Å². The van der Waals surface area contributed by atoms with Gasteiger partial charge in [-0.1, -0.05) is 19.3 Å². The summed E-state index contributed by atoms with van der Waals surface area (Å²) >= 11 is 0. The van der Waals surface area contributed by atoms with E-state index in [1.807, 2.05) is 6.20 Å². The fourth-order valence-electron chi connectivity index (χ4n) is 3.08. The number of rotatable bonds is 7. The molecule has 0 unspecified atom stereocenters. The number of nitrogens with zero attached hydrogens (tertiary/aromatic N) is 1. The van der Waals surface area contributed by atoms with Crippen LogP contribution in [0.15, 0.2) is 6.20 Å². The summed E-state index contributed by atoms with van der Waals surface area (Å²) in [7, 11) is 0. The minimum Gasteiger partial charge on any atom is -0.396 e. The average molecular weight is 265 g/mol. The molecule has 0 bridgehead atoms. The molecule has 1 aliphatic rings. The summed E-state index contributed by atoms with van der Waals surface area (Å²) in [5.74, 6) is 0. The molecule has 1 aromatic heterocycles. The van der Waals surface area contributed by atoms with Gasteiger partial charge in [-0.15, -0.1) is 0 Å². The number of aryl methyl sites for hydroxylation is 2. The summed E-state index contributed by atoms with van der Waals surface area (Å²) in [6.07, 6.45) is 10.4. The smallest absolute Gasteiger partial charge is 0.0522 e. The van der Waals surface area contributed by atoms with Gasteiger partial charge in [0.25, 0.3) is 0 Å².